The van der Waals surface area contributed by atoms with Crippen molar-refractivity contribution in [2.45, 2.75) is 0 Å². The van der Waals surface area contributed by atoms with Crippen molar-refractivity contribution in [1.29, 1.82) is 0 Å². The molecule has 0 atom stereocenters. The maximum absolute atomic E-state index is 6.09. The van der Waals surface area contributed by atoms with Gasteiger partial charge in [-0.2, -0.15) is 0 Å². The fourth-order valence-corrected chi connectivity index (χ4v) is 4.35. The Labute approximate surface area is 168 Å². The Hall–Kier alpha value is -3.98. The minimum absolute atomic E-state index is 0.768. The number of benzene rings is 4. The zero-order valence-corrected chi connectivity index (χ0v) is 15.8. The highest BCUT2D eigenvalue weighted by molar-refractivity contribution is 6.13. The fourth-order valence-electron chi connectivity index (χ4n) is 4.35. The van der Waals surface area contributed by atoms with Crippen LogP contribution in [-0.4, -0.2) is 9.13 Å². The Bertz CT molecular complexity index is 1500. The van der Waals surface area contributed by atoms with E-state index in [9.17, 15) is 0 Å². The highest BCUT2D eigenvalue weighted by Gasteiger charge is 2.14. The molecule has 0 radical (unpaired) electrons. The smallest absolute Gasteiger partial charge is 0.0548 e. The van der Waals surface area contributed by atoms with Gasteiger partial charge in [-0.3, -0.25) is 0 Å². The molecule has 138 valence electrons. The van der Waals surface area contributed by atoms with Gasteiger partial charge in [0.05, 0.1) is 16.6 Å². The van der Waals surface area contributed by atoms with Gasteiger partial charge in [0.25, 0.3) is 0 Å². The van der Waals surface area contributed by atoms with Crippen LogP contribution in [0.1, 0.15) is 0 Å². The monoisotopic (exact) mass is 373 g/mol. The maximum Gasteiger partial charge on any atom is 0.0548 e. The summed E-state index contributed by atoms with van der Waals surface area (Å²) in [5, 5.41) is 3.70. The van der Waals surface area contributed by atoms with Gasteiger partial charge in [-0.05, 0) is 54.6 Å². The zero-order chi connectivity index (χ0) is 19.4. The number of nitrogen functional groups attached to an aromatic ring is 1. The number of nitrogens with zero attached hydrogens (tertiary/aromatic N) is 2. The van der Waals surface area contributed by atoms with E-state index in [1.54, 1.807) is 0 Å². The molecule has 0 unspecified atom stereocenters. The third-order valence-electron chi connectivity index (χ3n) is 5.65. The summed E-state index contributed by atoms with van der Waals surface area (Å²) in [5.41, 5.74) is 12.7. The van der Waals surface area contributed by atoms with E-state index in [0.717, 1.165) is 11.4 Å². The second kappa shape index (κ2) is 6.01. The van der Waals surface area contributed by atoms with Crippen LogP contribution in [0.5, 0.6) is 0 Å². The lowest BCUT2D eigenvalue weighted by Crippen LogP contribution is -1.95. The summed E-state index contributed by atoms with van der Waals surface area (Å²) in [6.07, 6.45) is 2.14. The zero-order valence-electron chi connectivity index (χ0n) is 15.8. The van der Waals surface area contributed by atoms with Gasteiger partial charge in [0.2, 0.25) is 0 Å². The topological polar surface area (TPSA) is 35.9 Å². The van der Waals surface area contributed by atoms with E-state index in [1.807, 2.05) is 24.3 Å². The van der Waals surface area contributed by atoms with Crippen LogP contribution in [0.2, 0.25) is 0 Å². The predicted octanol–water partition coefficient (Wildman–Crippen LogP) is 6.31. The molecule has 0 saturated heterocycles. The van der Waals surface area contributed by atoms with Crippen LogP contribution in [0.15, 0.2) is 103 Å². The first-order chi connectivity index (χ1) is 14.3. The Morgan fingerprint density at radius 3 is 2.21 bits per heavy atom. The second-order valence-electron chi connectivity index (χ2n) is 7.40. The molecular formula is C26H19N3. The van der Waals surface area contributed by atoms with E-state index in [-0.39, 0.29) is 0 Å². The quantitative estimate of drug-likeness (QED) is 0.355. The summed E-state index contributed by atoms with van der Waals surface area (Å²) < 4.78 is 4.56. The molecule has 0 saturated carbocycles. The Kier molecular flexibility index (Phi) is 3.32. The van der Waals surface area contributed by atoms with Gasteiger partial charge in [0.15, 0.2) is 0 Å². The first-order valence-electron chi connectivity index (χ1n) is 9.75. The molecule has 6 rings (SSSR count). The molecule has 6 aromatic rings. The molecule has 0 spiro atoms. The van der Waals surface area contributed by atoms with Crippen LogP contribution in [0.4, 0.5) is 5.69 Å². The summed E-state index contributed by atoms with van der Waals surface area (Å²) in [4.78, 5) is 0. The molecular weight excluding hydrogens is 354 g/mol. The Morgan fingerprint density at radius 1 is 0.552 bits per heavy atom. The molecule has 0 aliphatic heterocycles. The highest BCUT2D eigenvalue weighted by atomic mass is 15.0. The van der Waals surface area contributed by atoms with Crippen LogP contribution >= 0.6 is 0 Å². The minimum atomic E-state index is 0.768. The van der Waals surface area contributed by atoms with Crippen molar-refractivity contribution in [3.63, 3.8) is 0 Å². The number of para-hydroxylation sites is 2. The summed E-state index contributed by atoms with van der Waals surface area (Å²) in [6, 6.07) is 33.9. The molecule has 29 heavy (non-hydrogen) atoms. The average Bonchev–Trinajstić information content (AvgIpc) is 3.31. The number of rotatable bonds is 2. The van der Waals surface area contributed by atoms with Crippen LogP contribution in [0.3, 0.4) is 0 Å². The third kappa shape index (κ3) is 2.38. The van der Waals surface area contributed by atoms with Gasteiger partial charge < -0.3 is 14.9 Å². The summed E-state index contributed by atoms with van der Waals surface area (Å²) in [7, 11) is 0. The molecule has 0 aliphatic carbocycles. The average molecular weight is 373 g/mol. The number of fused-ring (bicyclic) bond motifs is 4. The van der Waals surface area contributed by atoms with E-state index in [1.165, 1.54) is 38.4 Å². The molecule has 3 heteroatoms. The van der Waals surface area contributed by atoms with Gasteiger partial charge in [-0.15, -0.1) is 0 Å². The van der Waals surface area contributed by atoms with Gasteiger partial charge in [-0.25, -0.2) is 0 Å². The molecule has 0 amide bonds. The lowest BCUT2D eigenvalue weighted by molar-refractivity contribution is 1.13. The van der Waals surface area contributed by atoms with Crippen molar-refractivity contribution < 1.29 is 0 Å². The first-order valence-corrected chi connectivity index (χ1v) is 9.75. The van der Waals surface area contributed by atoms with Crippen molar-refractivity contribution in [1.82, 2.24) is 9.13 Å². The predicted molar refractivity (Wildman–Crippen MR) is 122 cm³/mol. The van der Waals surface area contributed by atoms with E-state index >= 15 is 0 Å². The van der Waals surface area contributed by atoms with E-state index < -0.39 is 0 Å². The lowest BCUT2D eigenvalue weighted by Gasteiger charge is -2.09. The van der Waals surface area contributed by atoms with E-state index in [4.69, 9.17) is 5.73 Å². The van der Waals surface area contributed by atoms with Gasteiger partial charge in [-0.1, -0.05) is 42.5 Å². The number of hydrogen-bond donors (Lipinski definition) is 1. The summed E-state index contributed by atoms with van der Waals surface area (Å²) in [5.74, 6) is 0. The molecule has 4 aromatic carbocycles. The minimum Gasteiger partial charge on any atom is -0.399 e. The Balaban J connectivity index is 1.73. The molecule has 2 heterocycles. The second-order valence-corrected chi connectivity index (χ2v) is 7.40. The normalized spacial score (nSPS) is 11.6. The van der Waals surface area contributed by atoms with Crippen LogP contribution in [0, 0.1) is 0 Å². The van der Waals surface area contributed by atoms with Crippen LogP contribution in [0.25, 0.3) is 44.1 Å². The molecule has 0 bridgehead atoms. The van der Waals surface area contributed by atoms with Crippen molar-refractivity contribution in [2.24, 2.45) is 0 Å². The number of nitrogens with two attached hydrogens (primary N) is 1. The third-order valence-corrected chi connectivity index (χ3v) is 5.65. The summed E-state index contributed by atoms with van der Waals surface area (Å²) >= 11 is 0. The lowest BCUT2D eigenvalue weighted by atomic mass is 10.1. The van der Waals surface area contributed by atoms with E-state index in [0.29, 0.717) is 0 Å². The number of anilines is 1. The highest BCUT2D eigenvalue weighted by Crippen LogP contribution is 2.35. The molecule has 0 fully saturated rings. The fraction of sp³-hybridized carbons (Fsp3) is 0. The van der Waals surface area contributed by atoms with Gasteiger partial charge in [0, 0.05) is 39.4 Å². The standard InChI is InChI=1S/C26H19N3/c27-19-7-6-10-21(16-19)29-24-12-5-4-11-22(24)23-17-25-18(15-26(23)29)13-14-28(25)20-8-2-1-3-9-20/h1-17H,27H2. The molecule has 0 aliphatic rings. The number of aromatic nitrogens is 2. The molecule has 2 N–H and O–H groups in total. The van der Waals surface area contributed by atoms with Crippen molar-refractivity contribution in [2.75, 3.05) is 5.73 Å². The number of hydrogen-bond acceptors (Lipinski definition) is 1. The van der Waals surface area contributed by atoms with Gasteiger partial charge >= 0.3 is 0 Å². The van der Waals surface area contributed by atoms with Crippen molar-refractivity contribution in [3.8, 4) is 11.4 Å². The maximum atomic E-state index is 6.09. The Morgan fingerprint density at radius 2 is 1.34 bits per heavy atom. The van der Waals surface area contributed by atoms with E-state index in [2.05, 4.69) is 88.1 Å². The van der Waals surface area contributed by atoms with Crippen LogP contribution in [-0.2, 0) is 0 Å². The first kappa shape index (κ1) is 16.0. The van der Waals surface area contributed by atoms with Crippen molar-refractivity contribution >= 4 is 38.4 Å². The molecule has 3 nitrogen and oxygen atoms in total. The largest absolute Gasteiger partial charge is 0.399 e. The summed E-state index contributed by atoms with van der Waals surface area (Å²) in [6.45, 7) is 0. The van der Waals surface area contributed by atoms with Gasteiger partial charge in [0.1, 0.15) is 0 Å². The van der Waals surface area contributed by atoms with Crippen LogP contribution < -0.4 is 5.73 Å². The SMILES string of the molecule is Nc1cccc(-n2c3ccccc3c3cc4c(ccn4-c4ccccc4)cc32)c1. The van der Waals surface area contributed by atoms with Crippen molar-refractivity contribution in [3.05, 3.63) is 103 Å². The molecule has 2 aromatic heterocycles.